The van der Waals surface area contributed by atoms with E-state index in [4.69, 9.17) is 0 Å². The van der Waals surface area contributed by atoms with E-state index in [0.29, 0.717) is 0 Å². The molecular weight excluding hydrogens is 332 g/mol. The maximum Gasteiger partial charge on any atom is 0.0884 e. The van der Waals surface area contributed by atoms with Crippen LogP contribution in [0.1, 0.15) is 58.4 Å². The summed E-state index contributed by atoms with van der Waals surface area (Å²) in [6.07, 6.45) is -1.49. The van der Waals surface area contributed by atoms with Crippen molar-refractivity contribution in [1.82, 2.24) is 0 Å². The molecule has 0 aliphatic heterocycles. The first kappa shape index (κ1) is 18.0. The van der Waals surface area contributed by atoms with Crippen molar-refractivity contribution in [3.05, 3.63) is 106 Å². The number of aryl methyl sites for hydroxylation is 2. The van der Waals surface area contributed by atoms with E-state index in [1.54, 1.807) is 0 Å². The average molecular weight is 358 g/mol. The summed E-state index contributed by atoms with van der Waals surface area (Å²) in [4.78, 5) is 0. The van der Waals surface area contributed by atoms with E-state index in [0.717, 1.165) is 22.3 Å². The van der Waals surface area contributed by atoms with Crippen LogP contribution in [0.15, 0.2) is 72.8 Å². The summed E-state index contributed by atoms with van der Waals surface area (Å²) >= 11 is 0. The maximum absolute atomic E-state index is 11.4. The third-order valence-electron chi connectivity index (χ3n) is 6.38. The molecule has 0 aromatic heterocycles. The van der Waals surface area contributed by atoms with Gasteiger partial charge in [-0.2, -0.15) is 0 Å². The Hall–Kier alpha value is -2.42. The Morgan fingerprint density at radius 1 is 0.667 bits per heavy atom. The normalized spacial score (nSPS) is 24.2. The molecule has 3 aromatic carbocycles. The summed E-state index contributed by atoms with van der Waals surface area (Å²) in [6, 6.07) is 24.3. The number of aliphatic hydroxyl groups excluding tert-OH is 2. The van der Waals surface area contributed by atoms with Gasteiger partial charge in [-0.25, -0.2) is 0 Å². The zero-order valence-electron chi connectivity index (χ0n) is 16.1. The fourth-order valence-electron chi connectivity index (χ4n) is 4.80. The first-order chi connectivity index (χ1) is 13.0. The van der Waals surface area contributed by atoms with Crippen LogP contribution < -0.4 is 0 Å². The second-order valence-electron chi connectivity index (χ2n) is 7.95. The molecule has 0 amide bonds. The lowest BCUT2D eigenvalue weighted by Gasteiger charge is -2.41. The van der Waals surface area contributed by atoms with Gasteiger partial charge in [0.2, 0.25) is 0 Å². The van der Waals surface area contributed by atoms with Crippen molar-refractivity contribution in [3.63, 3.8) is 0 Å². The first-order valence-corrected chi connectivity index (χ1v) is 9.52. The van der Waals surface area contributed by atoms with Gasteiger partial charge in [0.15, 0.2) is 0 Å². The molecule has 138 valence electrons. The highest BCUT2D eigenvalue weighted by Crippen LogP contribution is 2.61. The highest BCUT2D eigenvalue weighted by atomic mass is 16.3. The molecule has 27 heavy (non-hydrogen) atoms. The Morgan fingerprint density at radius 2 is 1.04 bits per heavy atom. The van der Waals surface area contributed by atoms with Gasteiger partial charge in [0.05, 0.1) is 12.2 Å². The van der Waals surface area contributed by atoms with Crippen LogP contribution in [-0.4, -0.2) is 10.2 Å². The van der Waals surface area contributed by atoms with E-state index in [1.165, 1.54) is 11.1 Å². The molecule has 0 saturated carbocycles. The number of hydrogen-bond acceptors (Lipinski definition) is 2. The van der Waals surface area contributed by atoms with Crippen molar-refractivity contribution < 1.29 is 10.2 Å². The van der Waals surface area contributed by atoms with Gasteiger partial charge < -0.3 is 10.2 Å². The van der Waals surface area contributed by atoms with Gasteiger partial charge in [-0.05, 0) is 47.2 Å². The largest absolute Gasteiger partial charge is 0.388 e. The fraction of sp³-hybridized carbons (Fsp3) is 0.280. The van der Waals surface area contributed by atoms with Gasteiger partial charge in [0, 0.05) is 11.3 Å². The third-order valence-corrected chi connectivity index (χ3v) is 6.38. The predicted octanol–water partition coefficient (Wildman–Crippen LogP) is 5.22. The number of benzene rings is 3. The quantitative estimate of drug-likeness (QED) is 0.674. The van der Waals surface area contributed by atoms with Crippen LogP contribution in [0.25, 0.3) is 0 Å². The summed E-state index contributed by atoms with van der Waals surface area (Å²) < 4.78 is 0. The van der Waals surface area contributed by atoms with Crippen LogP contribution in [-0.2, 0) is 0 Å². The zero-order valence-corrected chi connectivity index (χ0v) is 16.1. The molecule has 0 heterocycles. The van der Waals surface area contributed by atoms with Crippen molar-refractivity contribution in [3.8, 4) is 0 Å². The number of aliphatic hydroxyl groups is 2. The van der Waals surface area contributed by atoms with Gasteiger partial charge in [0.25, 0.3) is 0 Å². The molecule has 0 saturated heterocycles. The number of rotatable bonds is 3. The van der Waals surface area contributed by atoms with E-state index < -0.39 is 17.6 Å². The predicted molar refractivity (Wildman–Crippen MR) is 109 cm³/mol. The Kier molecular flexibility index (Phi) is 4.41. The average Bonchev–Trinajstić information content (AvgIpc) is 2.87. The van der Waals surface area contributed by atoms with Gasteiger partial charge >= 0.3 is 0 Å². The summed E-state index contributed by atoms with van der Waals surface area (Å²) in [7, 11) is 0. The van der Waals surface area contributed by atoms with E-state index in [-0.39, 0.29) is 5.92 Å². The molecule has 0 radical (unpaired) electrons. The van der Waals surface area contributed by atoms with Crippen molar-refractivity contribution in [2.75, 3.05) is 0 Å². The molecule has 0 spiro atoms. The Labute approximate surface area is 161 Å². The van der Waals surface area contributed by atoms with Crippen molar-refractivity contribution in [2.45, 2.75) is 38.9 Å². The molecule has 2 heteroatoms. The molecule has 2 atom stereocenters. The molecule has 4 rings (SSSR count). The minimum absolute atomic E-state index is 0.127. The number of hydrogen-bond donors (Lipinski definition) is 2. The standard InChI is InChI=1S/C25H26O2/c1-16-10-4-6-12-18(16)22(19-13-7-5-11-17(19)2)25(3)23(26)20-14-8-9-15-21(20)24(25)27/h4-15,22-24,26-27H,1-3H3. The lowest BCUT2D eigenvalue weighted by Crippen LogP contribution is -2.35. The Balaban J connectivity index is 1.98. The molecule has 1 aliphatic carbocycles. The summed E-state index contributed by atoms with van der Waals surface area (Å²) in [6.45, 7) is 6.22. The second-order valence-corrected chi connectivity index (χ2v) is 7.95. The van der Waals surface area contributed by atoms with E-state index in [9.17, 15) is 10.2 Å². The molecule has 2 N–H and O–H groups in total. The summed E-state index contributed by atoms with van der Waals surface area (Å²) in [5.41, 5.74) is 5.55. The van der Waals surface area contributed by atoms with Gasteiger partial charge in [-0.3, -0.25) is 0 Å². The van der Waals surface area contributed by atoms with Crippen LogP contribution in [0, 0.1) is 19.3 Å². The topological polar surface area (TPSA) is 40.5 Å². The summed E-state index contributed by atoms with van der Waals surface area (Å²) in [5, 5.41) is 22.8. The molecule has 2 unspecified atom stereocenters. The molecule has 1 aliphatic rings. The minimum atomic E-state index is -0.762. The molecule has 3 aromatic rings. The van der Waals surface area contributed by atoms with Crippen molar-refractivity contribution in [1.29, 1.82) is 0 Å². The minimum Gasteiger partial charge on any atom is -0.388 e. The lowest BCUT2D eigenvalue weighted by atomic mass is 9.64. The highest BCUT2D eigenvalue weighted by molar-refractivity contribution is 5.48. The maximum atomic E-state index is 11.4. The van der Waals surface area contributed by atoms with Crippen molar-refractivity contribution in [2.24, 2.45) is 5.41 Å². The van der Waals surface area contributed by atoms with Crippen molar-refractivity contribution >= 4 is 0 Å². The SMILES string of the molecule is Cc1ccccc1C(c1ccccc1C)C1(C)C(O)c2ccccc2C1O. The molecule has 2 nitrogen and oxygen atoms in total. The van der Waals surface area contributed by atoms with E-state index in [2.05, 4.69) is 38.1 Å². The first-order valence-electron chi connectivity index (χ1n) is 9.52. The zero-order chi connectivity index (χ0) is 19.2. The number of fused-ring (bicyclic) bond motifs is 1. The second kappa shape index (κ2) is 6.63. The van der Waals surface area contributed by atoms with Gasteiger partial charge in [-0.15, -0.1) is 0 Å². The summed E-state index contributed by atoms with van der Waals surface area (Å²) in [5.74, 6) is -0.127. The van der Waals surface area contributed by atoms with Gasteiger partial charge in [0.1, 0.15) is 0 Å². The molecular formula is C25H26O2. The van der Waals surface area contributed by atoms with Gasteiger partial charge in [-0.1, -0.05) is 79.7 Å². The van der Waals surface area contributed by atoms with Crippen LogP contribution in [0.2, 0.25) is 0 Å². The highest BCUT2D eigenvalue weighted by Gasteiger charge is 2.54. The van der Waals surface area contributed by atoms with Crippen LogP contribution in [0.3, 0.4) is 0 Å². The van der Waals surface area contributed by atoms with Crippen LogP contribution in [0.4, 0.5) is 0 Å². The Morgan fingerprint density at radius 3 is 1.44 bits per heavy atom. The fourth-order valence-corrected chi connectivity index (χ4v) is 4.80. The van der Waals surface area contributed by atoms with E-state index >= 15 is 0 Å². The smallest absolute Gasteiger partial charge is 0.0884 e. The Bertz CT molecular complexity index is 901. The molecule has 0 bridgehead atoms. The third kappa shape index (κ3) is 2.63. The molecule has 0 fully saturated rings. The van der Waals surface area contributed by atoms with Crippen LogP contribution >= 0.6 is 0 Å². The van der Waals surface area contributed by atoms with Crippen LogP contribution in [0.5, 0.6) is 0 Å². The lowest BCUT2D eigenvalue weighted by molar-refractivity contribution is -0.0519. The monoisotopic (exact) mass is 358 g/mol. The van der Waals surface area contributed by atoms with E-state index in [1.807, 2.05) is 55.5 Å².